The molecule has 0 saturated carbocycles. The van der Waals surface area contributed by atoms with Crippen LogP contribution in [0.5, 0.6) is 5.75 Å². The van der Waals surface area contributed by atoms with E-state index in [1.165, 1.54) is 55.2 Å². The number of para-hydroxylation sites is 1. The highest BCUT2D eigenvalue weighted by molar-refractivity contribution is 7.89. The molecule has 2 aromatic carbocycles. The van der Waals surface area contributed by atoms with Gasteiger partial charge in [-0.05, 0) is 30.3 Å². The SMILES string of the molecule is C=CC(=O)[N+](C)(O)c1cc(-c2ccc(OC)c(F)c2)n(-c2ccccc2S(N)(=O)=O)n1. The van der Waals surface area contributed by atoms with E-state index in [-0.39, 0.29) is 33.4 Å². The van der Waals surface area contributed by atoms with Crippen molar-refractivity contribution >= 4 is 21.7 Å². The Kier molecular flexibility index (Phi) is 5.79. The highest BCUT2D eigenvalue weighted by atomic mass is 32.2. The average Bonchev–Trinajstić information content (AvgIpc) is 3.18. The number of halogens is 1. The summed E-state index contributed by atoms with van der Waals surface area (Å²) in [6.07, 6.45) is 0.921. The summed E-state index contributed by atoms with van der Waals surface area (Å²) in [5.41, 5.74) is 0.531. The second-order valence-electron chi connectivity index (χ2n) is 6.66. The highest BCUT2D eigenvalue weighted by Gasteiger charge is 2.36. The molecule has 0 aliphatic carbocycles. The monoisotopic (exact) mass is 447 g/mol. The summed E-state index contributed by atoms with van der Waals surface area (Å²) in [7, 11) is -1.67. The van der Waals surface area contributed by atoms with Crippen LogP contribution in [0.2, 0.25) is 0 Å². The van der Waals surface area contributed by atoms with Gasteiger partial charge in [0.05, 0.1) is 24.6 Å². The van der Waals surface area contributed by atoms with Gasteiger partial charge in [-0.3, -0.25) is 0 Å². The number of hydrogen-bond acceptors (Lipinski definition) is 6. The number of aromatic nitrogens is 2. The normalized spacial score (nSPS) is 13.5. The molecule has 162 valence electrons. The number of hydroxylamine groups is 2. The largest absolute Gasteiger partial charge is 0.494 e. The zero-order chi connectivity index (χ0) is 23.0. The molecule has 1 aromatic heterocycles. The zero-order valence-electron chi connectivity index (χ0n) is 16.7. The minimum atomic E-state index is -4.15. The van der Waals surface area contributed by atoms with Crippen molar-refractivity contribution < 1.29 is 27.5 Å². The summed E-state index contributed by atoms with van der Waals surface area (Å²) in [6, 6.07) is 11.2. The van der Waals surface area contributed by atoms with E-state index in [1.807, 2.05) is 0 Å². The molecule has 1 atom stereocenters. The van der Waals surface area contributed by atoms with Gasteiger partial charge in [-0.1, -0.05) is 23.4 Å². The number of rotatable bonds is 6. The Morgan fingerprint density at radius 2 is 1.97 bits per heavy atom. The van der Waals surface area contributed by atoms with Crippen molar-refractivity contribution in [1.82, 2.24) is 14.4 Å². The van der Waals surface area contributed by atoms with E-state index in [9.17, 15) is 22.8 Å². The van der Waals surface area contributed by atoms with Crippen LogP contribution in [0.3, 0.4) is 0 Å². The predicted octanol–water partition coefficient (Wildman–Crippen LogP) is 2.37. The molecule has 3 N–H and O–H groups in total. The summed E-state index contributed by atoms with van der Waals surface area (Å²) in [4.78, 5) is 11.9. The predicted molar refractivity (Wildman–Crippen MR) is 112 cm³/mol. The minimum Gasteiger partial charge on any atom is -0.494 e. The number of carbonyl (C=O) groups excluding carboxylic acids is 1. The average molecular weight is 447 g/mol. The summed E-state index contributed by atoms with van der Waals surface area (Å²) >= 11 is 0. The first kappa shape index (κ1) is 22.3. The lowest BCUT2D eigenvalue weighted by molar-refractivity contribution is -0.151. The van der Waals surface area contributed by atoms with E-state index in [0.29, 0.717) is 0 Å². The van der Waals surface area contributed by atoms with Crippen LogP contribution in [-0.4, -0.2) is 43.5 Å². The van der Waals surface area contributed by atoms with Crippen molar-refractivity contribution in [3.63, 3.8) is 0 Å². The molecule has 0 spiro atoms. The van der Waals surface area contributed by atoms with Gasteiger partial charge in [0.1, 0.15) is 11.9 Å². The van der Waals surface area contributed by atoms with Gasteiger partial charge in [0.25, 0.3) is 5.82 Å². The molecule has 1 heterocycles. The number of primary sulfonamides is 1. The van der Waals surface area contributed by atoms with Gasteiger partial charge in [-0.25, -0.2) is 32.6 Å². The highest BCUT2D eigenvalue weighted by Crippen LogP contribution is 2.33. The molecular formula is C20H20FN4O5S+. The molecule has 0 saturated heterocycles. The molecule has 3 rings (SSSR count). The second-order valence-corrected chi connectivity index (χ2v) is 8.19. The third kappa shape index (κ3) is 4.11. The quantitative estimate of drug-likeness (QED) is 0.259. The maximum absolute atomic E-state index is 14.4. The van der Waals surface area contributed by atoms with Crippen LogP contribution in [0.4, 0.5) is 10.2 Å². The molecule has 0 aliphatic heterocycles. The number of hydrogen-bond donors (Lipinski definition) is 2. The van der Waals surface area contributed by atoms with Crippen LogP contribution in [0, 0.1) is 5.82 Å². The van der Waals surface area contributed by atoms with Crippen LogP contribution >= 0.6 is 0 Å². The van der Waals surface area contributed by atoms with Crippen LogP contribution in [0.15, 0.2) is 66.1 Å². The Morgan fingerprint density at radius 1 is 1.29 bits per heavy atom. The van der Waals surface area contributed by atoms with Gasteiger partial charge in [0, 0.05) is 11.6 Å². The third-order valence-corrected chi connectivity index (χ3v) is 5.55. The van der Waals surface area contributed by atoms with Crippen LogP contribution in [-0.2, 0) is 14.8 Å². The van der Waals surface area contributed by atoms with Crippen LogP contribution in [0.1, 0.15) is 0 Å². The zero-order valence-corrected chi connectivity index (χ0v) is 17.5. The molecule has 0 bridgehead atoms. The van der Waals surface area contributed by atoms with E-state index >= 15 is 0 Å². The molecule has 9 nitrogen and oxygen atoms in total. The molecule has 0 radical (unpaired) electrons. The Morgan fingerprint density at radius 3 is 2.55 bits per heavy atom. The van der Waals surface area contributed by atoms with E-state index in [0.717, 1.165) is 12.1 Å². The van der Waals surface area contributed by atoms with E-state index in [2.05, 4.69) is 11.7 Å². The maximum Gasteiger partial charge on any atom is 0.376 e. The number of carbonyl (C=O) groups is 1. The summed E-state index contributed by atoms with van der Waals surface area (Å²) in [5, 5.41) is 20.2. The molecular weight excluding hydrogens is 427 g/mol. The lowest BCUT2D eigenvalue weighted by Crippen LogP contribution is -2.46. The Hall–Kier alpha value is -3.38. The Labute approximate surface area is 178 Å². The van der Waals surface area contributed by atoms with Gasteiger partial charge in [-0.2, -0.15) is 0 Å². The van der Waals surface area contributed by atoms with Crippen molar-refractivity contribution in [3.8, 4) is 22.7 Å². The second kappa shape index (κ2) is 8.04. The van der Waals surface area contributed by atoms with E-state index in [4.69, 9.17) is 9.88 Å². The molecule has 0 fully saturated rings. The fourth-order valence-electron chi connectivity index (χ4n) is 2.96. The molecule has 11 heteroatoms. The molecule has 1 amide bonds. The molecule has 3 aromatic rings. The molecule has 0 aliphatic rings. The number of sulfonamides is 1. The van der Waals surface area contributed by atoms with Crippen LogP contribution in [0.25, 0.3) is 16.9 Å². The molecule has 1 unspecified atom stereocenters. The fourth-order valence-corrected chi connectivity index (χ4v) is 3.67. The number of likely N-dealkylation sites (N-methyl/N-ethyl adjacent to an activating group) is 1. The van der Waals surface area contributed by atoms with E-state index < -0.39 is 26.4 Å². The van der Waals surface area contributed by atoms with Crippen molar-refractivity contribution in [3.05, 3.63) is 67.0 Å². The lowest BCUT2D eigenvalue weighted by atomic mass is 10.1. The Balaban J connectivity index is 2.35. The summed E-state index contributed by atoms with van der Waals surface area (Å²) in [5.74, 6) is -1.60. The summed E-state index contributed by atoms with van der Waals surface area (Å²) < 4.78 is 43.4. The lowest BCUT2D eigenvalue weighted by Gasteiger charge is -2.17. The third-order valence-electron chi connectivity index (χ3n) is 4.59. The van der Waals surface area contributed by atoms with Crippen molar-refractivity contribution in [1.29, 1.82) is 0 Å². The smallest absolute Gasteiger partial charge is 0.376 e. The first-order chi connectivity index (χ1) is 14.5. The number of quaternary nitrogens is 1. The number of nitrogens with two attached hydrogens (primary N) is 1. The van der Waals surface area contributed by atoms with Crippen molar-refractivity contribution in [2.45, 2.75) is 4.90 Å². The number of methoxy groups -OCH3 is 1. The topological polar surface area (TPSA) is 125 Å². The Bertz CT molecular complexity index is 1280. The van der Waals surface area contributed by atoms with Gasteiger partial charge in [-0.15, -0.1) is 5.10 Å². The van der Waals surface area contributed by atoms with Crippen molar-refractivity contribution in [2.75, 3.05) is 14.2 Å². The number of ether oxygens (including phenoxy) is 1. The van der Waals surface area contributed by atoms with Crippen molar-refractivity contribution in [2.24, 2.45) is 5.14 Å². The standard InChI is InChI=1S/C20H20FN4O5S/c1-4-20(26)25(2,27)19-12-16(13-9-10-17(30-3)14(21)11-13)24(23-19)15-7-5-6-8-18(15)31(22,28)29/h4-12,27H,1H2,2-3H3,(H2,22,28,29)/q+1. The molecule has 31 heavy (non-hydrogen) atoms. The fraction of sp³-hybridized carbons (Fsp3) is 0.100. The minimum absolute atomic E-state index is 0.00425. The first-order valence-corrected chi connectivity index (χ1v) is 10.4. The first-order valence-electron chi connectivity index (χ1n) is 8.83. The van der Waals surface area contributed by atoms with E-state index in [1.54, 1.807) is 6.07 Å². The van der Waals surface area contributed by atoms with Gasteiger partial charge < -0.3 is 4.74 Å². The maximum atomic E-state index is 14.4. The van der Waals surface area contributed by atoms with Crippen LogP contribution < -0.4 is 14.5 Å². The van der Waals surface area contributed by atoms with Gasteiger partial charge >= 0.3 is 5.91 Å². The number of benzene rings is 2. The number of amides is 1. The summed E-state index contributed by atoms with van der Waals surface area (Å²) in [6.45, 7) is 3.36. The number of nitrogens with zero attached hydrogens (tertiary/aromatic N) is 3. The van der Waals surface area contributed by atoms with Gasteiger partial charge in [0.15, 0.2) is 11.6 Å². The van der Waals surface area contributed by atoms with Gasteiger partial charge in [0.2, 0.25) is 10.0 Å².